The fourth-order valence-corrected chi connectivity index (χ4v) is 1.54. The van der Waals surface area contributed by atoms with E-state index in [9.17, 15) is 9.59 Å². The van der Waals surface area contributed by atoms with E-state index in [1.54, 1.807) is 25.1 Å². The number of benzene rings is 1. The number of carbonyl (C=O) groups excluding carboxylic acids is 2. The first kappa shape index (κ1) is 10.9. The summed E-state index contributed by atoms with van der Waals surface area (Å²) < 4.78 is 5.39. The fraction of sp³-hybridized carbons (Fsp3) is 0.200. The third-order valence-electron chi connectivity index (χ3n) is 1.62. The number of halogens is 1. The Hall–Kier alpha value is -1.16. The normalized spacial score (nSPS) is 9.57. The highest BCUT2D eigenvalue weighted by Crippen LogP contribution is 2.18. The van der Waals surface area contributed by atoms with E-state index in [1.807, 2.05) is 0 Å². The summed E-state index contributed by atoms with van der Waals surface area (Å²) in [5.74, 6) is -0.392. The van der Waals surface area contributed by atoms with E-state index in [4.69, 9.17) is 4.74 Å². The number of carbonyl (C=O) groups is 2. The van der Waals surface area contributed by atoms with E-state index < -0.39 is 5.97 Å². The molecule has 0 aliphatic heterocycles. The number of esters is 1. The number of aldehydes is 1. The van der Waals surface area contributed by atoms with Crippen molar-refractivity contribution in [1.29, 1.82) is 0 Å². The number of hydrogen-bond acceptors (Lipinski definition) is 3. The van der Waals surface area contributed by atoms with Gasteiger partial charge in [0.05, 0.1) is 12.2 Å². The van der Waals surface area contributed by atoms with Crippen LogP contribution >= 0.6 is 15.9 Å². The fourth-order valence-electron chi connectivity index (χ4n) is 0.979. The molecule has 74 valence electrons. The maximum absolute atomic E-state index is 11.3. The highest BCUT2D eigenvalue weighted by atomic mass is 79.9. The predicted molar refractivity (Wildman–Crippen MR) is 55.5 cm³/mol. The molecule has 14 heavy (non-hydrogen) atoms. The SMILES string of the molecule is CCOC(=O)c1ccc(C=O)cc1Br. The molecule has 0 atom stereocenters. The average Bonchev–Trinajstić information content (AvgIpc) is 2.17. The Balaban J connectivity index is 2.99. The van der Waals surface area contributed by atoms with Gasteiger partial charge in [0.25, 0.3) is 0 Å². The largest absolute Gasteiger partial charge is 0.462 e. The van der Waals surface area contributed by atoms with Gasteiger partial charge in [-0.05, 0) is 35.0 Å². The third kappa shape index (κ3) is 2.42. The molecule has 1 aromatic carbocycles. The zero-order valence-corrected chi connectivity index (χ0v) is 9.21. The maximum Gasteiger partial charge on any atom is 0.339 e. The number of rotatable bonds is 3. The van der Waals surface area contributed by atoms with Crippen LogP contribution < -0.4 is 0 Å². The first-order valence-electron chi connectivity index (χ1n) is 4.11. The standard InChI is InChI=1S/C10H9BrO3/c1-2-14-10(13)8-4-3-7(6-12)5-9(8)11/h3-6H,2H2,1H3. The lowest BCUT2D eigenvalue weighted by Crippen LogP contribution is -2.05. The second-order valence-electron chi connectivity index (χ2n) is 2.58. The van der Waals surface area contributed by atoms with Gasteiger partial charge in [-0.1, -0.05) is 6.07 Å². The summed E-state index contributed by atoms with van der Waals surface area (Å²) in [6.45, 7) is 2.08. The van der Waals surface area contributed by atoms with Crippen molar-refractivity contribution >= 4 is 28.2 Å². The molecule has 0 bridgehead atoms. The molecule has 0 aliphatic rings. The molecule has 0 radical (unpaired) electrons. The highest BCUT2D eigenvalue weighted by molar-refractivity contribution is 9.10. The molecule has 0 unspecified atom stereocenters. The summed E-state index contributed by atoms with van der Waals surface area (Å²) in [4.78, 5) is 21.8. The summed E-state index contributed by atoms with van der Waals surface area (Å²) in [7, 11) is 0. The van der Waals surface area contributed by atoms with Crippen molar-refractivity contribution in [3.05, 3.63) is 33.8 Å². The van der Waals surface area contributed by atoms with Gasteiger partial charge >= 0.3 is 5.97 Å². The van der Waals surface area contributed by atoms with Crippen molar-refractivity contribution in [2.45, 2.75) is 6.92 Å². The van der Waals surface area contributed by atoms with Gasteiger partial charge in [-0.2, -0.15) is 0 Å². The second-order valence-corrected chi connectivity index (χ2v) is 3.43. The summed E-state index contributed by atoms with van der Waals surface area (Å²) in [5, 5.41) is 0. The molecule has 1 aromatic rings. The Morgan fingerprint density at radius 3 is 2.79 bits per heavy atom. The molecule has 0 fully saturated rings. The monoisotopic (exact) mass is 256 g/mol. The topological polar surface area (TPSA) is 43.4 Å². The van der Waals surface area contributed by atoms with E-state index in [1.165, 1.54) is 0 Å². The zero-order chi connectivity index (χ0) is 10.6. The summed E-state index contributed by atoms with van der Waals surface area (Å²) in [5.41, 5.74) is 0.947. The quantitative estimate of drug-likeness (QED) is 0.617. The van der Waals surface area contributed by atoms with Crippen LogP contribution in [0.5, 0.6) is 0 Å². The smallest absolute Gasteiger partial charge is 0.339 e. The molecule has 1 rings (SSSR count). The van der Waals surface area contributed by atoms with Crippen LogP contribution in [0.15, 0.2) is 22.7 Å². The van der Waals surface area contributed by atoms with Crippen molar-refractivity contribution in [1.82, 2.24) is 0 Å². The van der Waals surface area contributed by atoms with Crippen molar-refractivity contribution in [3.8, 4) is 0 Å². The van der Waals surface area contributed by atoms with Crippen LogP contribution in [0.1, 0.15) is 27.6 Å². The van der Waals surface area contributed by atoms with Gasteiger partial charge in [-0.15, -0.1) is 0 Å². The van der Waals surface area contributed by atoms with Gasteiger partial charge in [-0.25, -0.2) is 4.79 Å². The molecule has 3 nitrogen and oxygen atoms in total. The Kier molecular flexibility index (Phi) is 3.83. The highest BCUT2D eigenvalue weighted by Gasteiger charge is 2.10. The van der Waals surface area contributed by atoms with Gasteiger partial charge in [0.1, 0.15) is 6.29 Å². The molecular weight excluding hydrogens is 248 g/mol. The van der Waals surface area contributed by atoms with Gasteiger partial charge in [0.2, 0.25) is 0 Å². The molecule has 0 aromatic heterocycles. The lowest BCUT2D eigenvalue weighted by atomic mass is 10.1. The second kappa shape index (κ2) is 4.91. The van der Waals surface area contributed by atoms with Crippen molar-refractivity contribution in [3.63, 3.8) is 0 Å². The maximum atomic E-state index is 11.3. The molecule has 0 saturated heterocycles. The minimum Gasteiger partial charge on any atom is -0.462 e. The molecule has 0 amide bonds. The van der Waals surface area contributed by atoms with Crippen molar-refractivity contribution in [2.24, 2.45) is 0 Å². The summed E-state index contributed by atoms with van der Waals surface area (Å²) in [6, 6.07) is 4.72. The van der Waals surface area contributed by atoms with E-state index in [0.717, 1.165) is 6.29 Å². The van der Waals surface area contributed by atoms with Crippen LogP contribution in [0.4, 0.5) is 0 Å². The van der Waals surface area contributed by atoms with Gasteiger partial charge in [0, 0.05) is 10.0 Å². The van der Waals surface area contributed by atoms with Crippen LogP contribution in [0.25, 0.3) is 0 Å². The predicted octanol–water partition coefficient (Wildman–Crippen LogP) is 2.44. The van der Waals surface area contributed by atoms with Crippen molar-refractivity contribution in [2.75, 3.05) is 6.61 Å². The van der Waals surface area contributed by atoms with E-state index in [0.29, 0.717) is 22.2 Å². The summed E-state index contributed by atoms with van der Waals surface area (Å²) in [6.07, 6.45) is 0.722. The Morgan fingerprint density at radius 1 is 1.57 bits per heavy atom. The van der Waals surface area contributed by atoms with Gasteiger partial charge in [-0.3, -0.25) is 4.79 Å². The van der Waals surface area contributed by atoms with Crippen LogP contribution in [0.3, 0.4) is 0 Å². The summed E-state index contributed by atoms with van der Waals surface area (Å²) >= 11 is 3.20. The van der Waals surface area contributed by atoms with E-state index in [2.05, 4.69) is 15.9 Å². The first-order chi connectivity index (χ1) is 6.69. The Bertz CT molecular complexity index is 360. The Labute approximate surface area is 90.2 Å². The average molecular weight is 257 g/mol. The third-order valence-corrected chi connectivity index (χ3v) is 2.28. The zero-order valence-electron chi connectivity index (χ0n) is 7.62. The Morgan fingerprint density at radius 2 is 2.29 bits per heavy atom. The minimum absolute atomic E-state index is 0.334. The van der Waals surface area contributed by atoms with Crippen LogP contribution in [-0.2, 0) is 4.74 Å². The van der Waals surface area contributed by atoms with Gasteiger partial charge < -0.3 is 4.74 Å². The number of ether oxygens (including phenoxy) is 1. The molecule has 0 N–H and O–H groups in total. The van der Waals surface area contributed by atoms with E-state index in [-0.39, 0.29) is 0 Å². The molecule has 0 spiro atoms. The lowest BCUT2D eigenvalue weighted by molar-refractivity contribution is 0.0525. The first-order valence-corrected chi connectivity index (χ1v) is 4.90. The molecule has 0 heterocycles. The molecule has 4 heteroatoms. The van der Waals surface area contributed by atoms with Crippen LogP contribution in [0.2, 0.25) is 0 Å². The molecular formula is C10H9BrO3. The molecule has 0 saturated carbocycles. The van der Waals surface area contributed by atoms with Crippen molar-refractivity contribution < 1.29 is 14.3 Å². The van der Waals surface area contributed by atoms with Crippen LogP contribution in [0, 0.1) is 0 Å². The number of hydrogen-bond donors (Lipinski definition) is 0. The van der Waals surface area contributed by atoms with E-state index >= 15 is 0 Å². The van der Waals surface area contributed by atoms with Crippen LogP contribution in [-0.4, -0.2) is 18.9 Å². The van der Waals surface area contributed by atoms with Gasteiger partial charge in [0.15, 0.2) is 0 Å². The minimum atomic E-state index is -0.392. The lowest BCUT2D eigenvalue weighted by Gasteiger charge is -2.03. The molecule has 0 aliphatic carbocycles.